The first-order valence-electron chi connectivity index (χ1n) is 5.19. The molecule has 0 aliphatic carbocycles. The second-order valence-corrected chi connectivity index (χ2v) is 3.83. The Hall–Kier alpha value is -1.86. The number of aliphatic hydroxyl groups excluding tert-OH is 1. The molecule has 0 saturated carbocycles. The molecular weight excluding hydrogens is 244 g/mol. The number of benzene rings is 1. The maximum atomic E-state index is 13.6. The van der Waals surface area contributed by atoms with Crippen molar-refractivity contribution in [2.45, 2.75) is 13.0 Å². The first-order valence-corrected chi connectivity index (χ1v) is 5.19. The Morgan fingerprint density at radius 3 is 2.78 bits per heavy atom. The van der Waals surface area contributed by atoms with Crippen molar-refractivity contribution in [2.75, 3.05) is 6.61 Å². The Morgan fingerprint density at radius 1 is 1.39 bits per heavy atom. The molecule has 7 heteroatoms. The quantitative estimate of drug-likeness (QED) is 0.863. The monoisotopic (exact) mass is 255 g/mol. The number of aromatic nitrogens is 2. The fourth-order valence-electron chi connectivity index (χ4n) is 1.40. The molecule has 0 fully saturated rings. The van der Waals surface area contributed by atoms with Crippen LogP contribution in [0.4, 0.5) is 8.78 Å². The normalized spacial score (nSPS) is 12.7. The third-order valence-corrected chi connectivity index (χ3v) is 2.45. The number of hydrogen-bond donors (Lipinski definition) is 2. The van der Waals surface area contributed by atoms with E-state index in [-0.39, 0.29) is 29.4 Å². The van der Waals surface area contributed by atoms with Gasteiger partial charge in [-0.25, -0.2) is 8.78 Å². The van der Waals surface area contributed by atoms with Crippen LogP contribution in [0.1, 0.15) is 17.4 Å². The number of aryl methyl sites for hydroxylation is 1. The maximum absolute atomic E-state index is 13.6. The topological polar surface area (TPSA) is 85.2 Å². The highest BCUT2D eigenvalue weighted by atomic mass is 19.1. The molecule has 0 aliphatic rings. The van der Waals surface area contributed by atoms with E-state index >= 15 is 0 Å². The van der Waals surface area contributed by atoms with Gasteiger partial charge in [-0.3, -0.25) is 0 Å². The maximum Gasteiger partial charge on any atom is 0.260 e. The zero-order chi connectivity index (χ0) is 13.3. The van der Waals surface area contributed by atoms with Gasteiger partial charge in [0.05, 0.1) is 18.2 Å². The average Bonchev–Trinajstić information content (AvgIpc) is 2.82. The first-order chi connectivity index (χ1) is 8.52. The smallest absolute Gasteiger partial charge is 0.260 e. The lowest BCUT2D eigenvalue weighted by Gasteiger charge is -2.01. The van der Waals surface area contributed by atoms with Gasteiger partial charge in [0.25, 0.3) is 5.89 Å². The van der Waals surface area contributed by atoms with Crippen LogP contribution < -0.4 is 5.73 Å². The molecule has 5 nitrogen and oxygen atoms in total. The molecule has 0 saturated heterocycles. The standard InChI is InChI=1S/C11H11F2N3O2/c1-5-2-6(8(13)3-7(5)12)11-15-10(16-18-11)9(14)4-17/h2-3,9,17H,4,14H2,1H3. The van der Waals surface area contributed by atoms with Gasteiger partial charge in [0, 0.05) is 6.07 Å². The molecule has 0 spiro atoms. The number of hydrogen-bond acceptors (Lipinski definition) is 5. The van der Waals surface area contributed by atoms with E-state index in [1.165, 1.54) is 13.0 Å². The Kier molecular flexibility index (Phi) is 3.35. The number of halogens is 2. The molecule has 0 bridgehead atoms. The first kappa shape index (κ1) is 12.6. The number of nitrogens with zero attached hydrogens (tertiary/aromatic N) is 2. The Labute approximate surface area is 101 Å². The second kappa shape index (κ2) is 4.79. The van der Waals surface area contributed by atoms with E-state index < -0.39 is 17.7 Å². The Bertz CT molecular complexity index is 571. The summed E-state index contributed by atoms with van der Waals surface area (Å²) in [5, 5.41) is 12.4. The number of aliphatic hydroxyl groups is 1. The largest absolute Gasteiger partial charge is 0.394 e. The highest BCUT2D eigenvalue weighted by Crippen LogP contribution is 2.24. The van der Waals surface area contributed by atoms with Crippen LogP contribution in [0.15, 0.2) is 16.7 Å². The van der Waals surface area contributed by atoms with Crippen molar-refractivity contribution >= 4 is 0 Å². The van der Waals surface area contributed by atoms with Gasteiger partial charge in [-0.2, -0.15) is 4.98 Å². The van der Waals surface area contributed by atoms with E-state index in [0.29, 0.717) is 0 Å². The molecule has 18 heavy (non-hydrogen) atoms. The summed E-state index contributed by atoms with van der Waals surface area (Å²) in [5.41, 5.74) is 5.75. The van der Waals surface area contributed by atoms with Crippen molar-refractivity contribution in [3.8, 4) is 11.5 Å². The lowest BCUT2D eigenvalue weighted by atomic mass is 10.1. The van der Waals surface area contributed by atoms with E-state index in [0.717, 1.165) is 6.07 Å². The molecule has 0 radical (unpaired) electrons. The van der Waals surface area contributed by atoms with Crippen LogP contribution in [-0.4, -0.2) is 21.9 Å². The van der Waals surface area contributed by atoms with Gasteiger partial charge in [-0.15, -0.1) is 0 Å². The van der Waals surface area contributed by atoms with Crippen LogP contribution in [0.5, 0.6) is 0 Å². The summed E-state index contributed by atoms with van der Waals surface area (Å²) < 4.78 is 31.5. The molecule has 1 aromatic carbocycles. The summed E-state index contributed by atoms with van der Waals surface area (Å²) in [4.78, 5) is 3.86. The zero-order valence-electron chi connectivity index (χ0n) is 9.52. The van der Waals surface area contributed by atoms with E-state index in [1.54, 1.807) is 0 Å². The lowest BCUT2D eigenvalue weighted by Crippen LogP contribution is -2.15. The summed E-state index contributed by atoms with van der Waals surface area (Å²) in [6.45, 7) is 1.14. The third-order valence-electron chi connectivity index (χ3n) is 2.45. The summed E-state index contributed by atoms with van der Waals surface area (Å²) in [7, 11) is 0. The van der Waals surface area contributed by atoms with E-state index in [2.05, 4.69) is 10.1 Å². The van der Waals surface area contributed by atoms with E-state index in [1.807, 2.05) is 0 Å². The van der Waals surface area contributed by atoms with Crippen molar-refractivity contribution in [3.63, 3.8) is 0 Å². The van der Waals surface area contributed by atoms with Crippen LogP contribution in [0.2, 0.25) is 0 Å². The van der Waals surface area contributed by atoms with Crippen LogP contribution in [0, 0.1) is 18.6 Å². The summed E-state index contributed by atoms with van der Waals surface area (Å²) in [6, 6.07) is 1.22. The second-order valence-electron chi connectivity index (χ2n) is 3.83. The fraction of sp³-hybridized carbons (Fsp3) is 0.273. The van der Waals surface area contributed by atoms with Crippen molar-refractivity contribution in [3.05, 3.63) is 35.2 Å². The predicted octanol–water partition coefficient (Wildman–Crippen LogP) is 1.32. The number of rotatable bonds is 3. The fourth-order valence-corrected chi connectivity index (χ4v) is 1.40. The molecule has 1 atom stereocenters. The van der Waals surface area contributed by atoms with Crippen LogP contribution in [-0.2, 0) is 0 Å². The number of nitrogens with two attached hydrogens (primary N) is 1. The van der Waals surface area contributed by atoms with Gasteiger partial charge >= 0.3 is 0 Å². The van der Waals surface area contributed by atoms with Gasteiger partial charge in [-0.1, -0.05) is 5.16 Å². The van der Waals surface area contributed by atoms with Crippen molar-refractivity contribution < 1.29 is 18.4 Å². The highest BCUT2D eigenvalue weighted by molar-refractivity contribution is 5.55. The summed E-state index contributed by atoms with van der Waals surface area (Å²) >= 11 is 0. The van der Waals surface area contributed by atoms with Gasteiger partial charge in [0.1, 0.15) is 11.6 Å². The van der Waals surface area contributed by atoms with Crippen LogP contribution in [0.25, 0.3) is 11.5 Å². The molecule has 2 rings (SSSR count). The minimum absolute atomic E-state index is 0.00205. The molecule has 96 valence electrons. The Morgan fingerprint density at radius 2 is 2.11 bits per heavy atom. The van der Waals surface area contributed by atoms with Gasteiger partial charge in [-0.05, 0) is 18.6 Å². The molecule has 0 aliphatic heterocycles. The van der Waals surface area contributed by atoms with Gasteiger partial charge in [0.2, 0.25) is 0 Å². The van der Waals surface area contributed by atoms with Crippen LogP contribution in [0.3, 0.4) is 0 Å². The molecule has 0 amide bonds. The molecule has 3 N–H and O–H groups in total. The molecule has 1 heterocycles. The summed E-state index contributed by atoms with van der Waals surface area (Å²) in [5.74, 6) is -1.49. The molecular formula is C11H11F2N3O2. The minimum Gasteiger partial charge on any atom is -0.394 e. The average molecular weight is 255 g/mol. The molecule has 1 unspecified atom stereocenters. The highest BCUT2D eigenvalue weighted by Gasteiger charge is 2.18. The molecule has 1 aromatic heterocycles. The minimum atomic E-state index is -0.800. The predicted molar refractivity (Wildman–Crippen MR) is 58.4 cm³/mol. The van der Waals surface area contributed by atoms with Crippen molar-refractivity contribution in [2.24, 2.45) is 5.73 Å². The SMILES string of the molecule is Cc1cc(-c2nc(C(N)CO)no2)c(F)cc1F. The zero-order valence-corrected chi connectivity index (χ0v) is 9.52. The van der Waals surface area contributed by atoms with Crippen molar-refractivity contribution in [1.82, 2.24) is 10.1 Å². The molecule has 2 aromatic rings. The Balaban J connectivity index is 2.43. The van der Waals surface area contributed by atoms with E-state index in [4.69, 9.17) is 15.4 Å². The van der Waals surface area contributed by atoms with Gasteiger partial charge < -0.3 is 15.4 Å². The van der Waals surface area contributed by atoms with Crippen molar-refractivity contribution in [1.29, 1.82) is 0 Å². The summed E-state index contributed by atoms with van der Waals surface area (Å²) in [6.07, 6.45) is 0. The third kappa shape index (κ3) is 2.22. The van der Waals surface area contributed by atoms with Crippen LogP contribution >= 0.6 is 0 Å². The van der Waals surface area contributed by atoms with Gasteiger partial charge in [0.15, 0.2) is 5.82 Å². The lowest BCUT2D eigenvalue weighted by molar-refractivity contribution is 0.260. The van der Waals surface area contributed by atoms with E-state index in [9.17, 15) is 8.78 Å².